The molecule has 1 amide bonds. The molecule has 0 aromatic heterocycles. The number of rotatable bonds is 6. The third-order valence-corrected chi connectivity index (χ3v) is 4.87. The van der Waals surface area contributed by atoms with Gasteiger partial charge in [-0.1, -0.05) is 42.5 Å². The lowest BCUT2D eigenvalue weighted by Gasteiger charge is -2.38. The highest BCUT2D eigenvalue weighted by atomic mass is 16.6. The summed E-state index contributed by atoms with van der Waals surface area (Å²) in [7, 11) is 1.62. The Morgan fingerprint density at radius 1 is 1.11 bits per heavy atom. The van der Waals surface area contributed by atoms with Crippen molar-refractivity contribution < 1.29 is 19.4 Å². The summed E-state index contributed by atoms with van der Waals surface area (Å²) in [6, 6.07) is 17.2. The van der Waals surface area contributed by atoms with Crippen LogP contribution in [0.5, 0.6) is 5.75 Å². The molecule has 1 aliphatic rings. The number of likely N-dealkylation sites (tertiary alicyclic amines) is 1. The number of nitrogens with one attached hydrogen (secondary N) is 1. The molecule has 0 atom stereocenters. The second-order valence-electron chi connectivity index (χ2n) is 6.81. The van der Waals surface area contributed by atoms with Crippen molar-refractivity contribution in [1.29, 1.82) is 0 Å². The maximum atomic E-state index is 12.2. The number of piperidine rings is 1. The van der Waals surface area contributed by atoms with Crippen molar-refractivity contribution in [2.45, 2.75) is 25.0 Å². The number of amides is 1. The number of nitrogens with zero attached hydrogens (tertiary/aromatic N) is 1. The number of para-hydroxylation sites is 2. The van der Waals surface area contributed by atoms with Gasteiger partial charge in [0.15, 0.2) is 0 Å². The Morgan fingerprint density at radius 2 is 1.78 bits per heavy atom. The second kappa shape index (κ2) is 8.77. The van der Waals surface area contributed by atoms with Gasteiger partial charge < -0.3 is 24.8 Å². The van der Waals surface area contributed by atoms with E-state index in [-0.39, 0.29) is 12.7 Å². The monoisotopic (exact) mass is 370 g/mol. The van der Waals surface area contributed by atoms with E-state index in [0.29, 0.717) is 32.5 Å². The van der Waals surface area contributed by atoms with Gasteiger partial charge in [0, 0.05) is 19.6 Å². The summed E-state index contributed by atoms with van der Waals surface area (Å²) < 4.78 is 10.7. The highest BCUT2D eigenvalue weighted by Crippen LogP contribution is 2.27. The van der Waals surface area contributed by atoms with Crippen LogP contribution in [-0.4, -0.2) is 48.4 Å². The van der Waals surface area contributed by atoms with E-state index in [1.807, 2.05) is 54.6 Å². The van der Waals surface area contributed by atoms with E-state index >= 15 is 0 Å². The van der Waals surface area contributed by atoms with Crippen LogP contribution in [0.25, 0.3) is 0 Å². The van der Waals surface area contributed by atoms with Crippen LogP contribution in [0.3, 0.4) is 0 Å². The maximum Gasteiger partial charge on any atom is 0.410 e. The van der Waals surface area contributed by atoms with E-state index in [9.17, 15) is 9.90 Å². The average Bonchev–Trinajstić information content (AvgIpc) is 2.72. The van der Waals surface area contributed by atoms with Gasteiger partial charge in [-0.3, -0.25) is 0 Å². The summed E-state index contributed by atoms with van der Waals surface area (Å²) in [5.74, 6) is 0.739. The molecule has 27 heavy (non-hydrogen) atoms. The predicted molar refractivity (Wildman–Crippen MR) is 104 cm³/mol. The molecule has 3 rings (SSSR count). The fourth-order valence-electron chi connectivity index (χ4n) is 3.14. The summed E-state index contributed by atoms with van der Waals surface area (Å²) in [4.78, 5) is 13.9. The summed E-state index contributed by atoms with van der Waals surface area (Å²) in [5.41, 5.74) is 0.940. The van der Waals surface area contributed by atoms with Crippen molar-refractivity contribution in [3.05, 3.63) is 60.2 Å². The lowest BCUT2D eigenvalue weighted by atomic mass is 9.91. The van der Waals surface area contributed by atoms with Crippen molar-refractivity contribution >= 4 is 11.8 Å². The van der Waals surface area contributed by atoms with Crippen molar-refractivity contribution in [3.8, 4) is 5.75 Å². The molecule has 0 radical (unpaired) electrons. The number of aliphatic hydroxyl groups is 1. The van der Waals surface area contributed by atoms with Crippen LogP contribution >= 0.6 is 0 Å². The van der Waals surface area contributed by atoms with Gasteiger partial charge in [0.05, 0.1) is 18.4 Å². The van der Waals surface area contributed by atoms with Crippen molar-refractivity contribution in [1.82, 2.24) is 4.90 Å². The Kier molecular flexibility index (Phi) is 6.19. The first-order valence-electron chi connectivity index (χ1n) is 9.14. The fourth-order valence-corrected chi connectivity index (χ4v) is 3.14. The fraction of sp³-hybridized carbons (Fsp3) is 0.381. The minimum absolute atomic E-state index is 0.260. The van der Waals surface area contributed by atoms with Crippen LogP contribution in [0.4, 0.5) is 10.5 Å². The van der Waals surface area contributed by atoms with Gasteiger partial charge in [-0.25, -0.2) is 4.79 Å². The lowest BCUT2D eigenvalue weighted by Crippen LogP contribution is -2.50. The van der Waals surface area contributed by atoms with E-state index in [1.165, 1.54) is 0 Å². The van der Waals surface area contributed by atoms with Crippen LogP contribution < -0.4 is 10.1 Å². The molecule has 0 bridgehead atoms. The summed E-state index contributed by atoms with van der Waals surface area (Å²) in [5, 5.41) is 14.1. The quantitative estimate of drug-likeness (QED) is 0.817. The van der Waals surface area contributed by atoms with Crippen LogP contribution in [0.2, 0.25) is 0 Å². The van der Waals surface area contributed by atoms with Crippen LogP contribution in [0.1, 0.15) is 18.4 Å². The number of hydrogen-bond donors (Lipinski definition) is 2. The predicted octanol–water partition coefficient (Wildman–Crippen LogP) is 3.27. The normalized spacial score (nSPS) is 15.9. The highest BCUT2D eigenvalue weighted by molar-refractivity contribution is 5.67. The Balaban J connectivity index is 1.46. The number of carbonyl (C=O) groups excluding carboxylic acids is 1. The zero-order valence-electron chi connectivity index (χ0n) is 15.6. The molecule has 0 spiro atoms. The SMILES string of the molecule is COc1ccccc1NCC1(O)CCN(C(=O)OCc2ccccc2)CC1. The van der Waals surface area contributed by atoms with Crippen LogP contribution in [0.15, 0.2) is 54.6 Å². The molecular weight excluding hydrogens is 344 g/mol. The number of anilines is 1. The number of methoxy groups -OCH3 is 1. The molecule has 6 nitrogen and oxygen atoms in total. The molecule has 1 aliphatic heterocycles. The molecule has 0 saturated carbocycles. The molecule has 0 unspecified atom stereocenters. The van der Waals surface area contributed by atoms with Gasteiger partial charge >= 0.3 is 6.09 Å². The lowest BCUT2D eigenvalue weighted by molar-refractivity contribution is -0.0111. The Hall–Kier alpha value is -2.73. The van der Waals surface area contributed by atoms with E-state index in [1.54, 1.807) is 12.0 Å². The number of benzene rings is 2. The average molecular weight is 370 g/mol. The van der Waals surface area contributed by atoms with Crippen LogP contribution in [-0.2, 0) is 11.3 Å². The zero-order valence-corrected chi connectivity index (χ0v) is 15.6. The molecule has 1 heterocycles. The zero-order chi connectivity index (χ0) is 19.1. The van der Waals surface area contributed by atoms with E-state index in [4.69, 9.17) is 9.47 Å². The standard InChI is InChI=1S/C21H26N2O4/c1-26-19-10-6-5-9-18(19)22-16-21(25)11-13-23(14-12-21)20(24)27-15-17-7-3-2-4-8-17/h2-10,22,25H,11-16H2,1H3. The third-order valence-electron chi connectivity index (χ3n) is 4.87. The van der Waals surface area contributed by atoms with Gasteiger partial charge in [-0.2, -0.15) is 0 Å². The first-order chi connectivity index (χ1) is 13.1. The first kappa shape index (κ1) is 19.0. The maximum absolute atomic E-state index is 12.2. The summed E-state index contributed by atoms with van der Waals surface area (Å²) in [6.07, 6.45) is 0.657. The Labute approximate surface area is 159 Å². The highest BCUT2D eigenvalue weighted by Gasteiger charge is 2.34. The van der Waals surface area contributed by atoms with Gasteiger partial charge in [-0.15, -0.1) is 0 Å². The molecule has 2 N–H and O–H groups in total. The van der Waals surface area contributed by atoms with E-state index in [2.05, 4.69) is 5.32 Å². The molecule has 2 aromatic carbocycles. The Morgan fingerprint density at radius 3 is 2.48 bits per heavy atom. The third kappa shape index (κ3) is 5.14. The smallest absolute Gasteiger partial charge is 0.410 e. The van der Waals surface area contributed by atoms with Gasteiger partial charge in [0.25, 0.3) is 0 Å². The molecule has 2 aromatic rings. The van der Waals surface area contributed by atoms with Gasteiger partial charge in [0.1, 0.15) is 12.4 Å². The second-order valence-corrected chi connectivity index (χ2v) is 6.81. The number of carbonyl (C=O) groups is 1. The van der Waals surface area contributed by atoms with Crippen molar-refractivity contribution in [3.63, 3.8) is 0 Å². The molecule has 144 valence electrons. The molecule has 6 heteroatoms. The van der Waals surface area contributed by atoms with Crippen LogP contribution in [0, 0.1) is 0 Å². The topological polar surface area (TPSA) is 71.0 Å². The molecule has 0 aliphatic carbocycles. The minimum Gasteiger partial charge on any atom is -0.495 e. The van der Waals surface area contributed by atoms with E-state index < -0.39 is 5.60 Å². The molecular formula is C21H26N2O4. The van der Waals surface area contributed by atoms with E-state index in [0.717, 1.165) is 17.0 Å². The largest absolute Gasteiger partial charge is 0.495 e. The number of ether oxygens (including phenoxy) is 2. The Bertz CT molecular complexity index is 743. The van der Waals surface area contributed by atoms with Crippen molar-refractivity contribution in [2.75, 3.05) is 32.1 Å². The van der Waals surface area contributed by atoms with Gasteiger partial charge in [-0.05, 0) is 30.5 Å². The summed E-state index contributed by atoms with van der Waals surface area (Å²) in [6.45, 7) is 1.60. The molecule has 1 fully saturated rings. The van der Waals surface area contributed by atoms with Gasteiger partial charge in [0.2, 0.25) is 0 Å². The first-order valence-corrected chi connectivity index (χ1v) is 9.14. The minimum atomic E-state index is -0.864. The van der Waals surface area contributed by atoms with Crippen molar-refractivity contribution in [2.24, 2.45) is 0 Å². The number of hydrogen-bond acceptors (Lipinski definition) is 5. The summed E-state index contributed by atoms with van der Waals surface area (Å²) >= 11 is 0. The molecule has 1 saturated heterocycles.